The first-order valence-electron chi connectivity index (χ1n) is 18.6. The molecule has 1 atom stereocenters. The molecule has 1 heterocycles. The zero-order valence-electron chi connectivity index (χ0n) is 31.4. The predicted molar refractivity (Wildman–Crippen MR) is 184 cm³/mol. The first kappa shape index (κ1) is 43.6. The molecule has 2 fully saturated rings. The second-order valence-corrected chi connectivity index (χ2v) is 12.0. The Balaban J connectivity index is 1.21. The Hall–Kier alpha value is -2.81. The van der Waals surface area contributed by atoms with Gasteiger partial charge in [-0.25, -0.2) is 0 Å². The summed E-state index contributed by atoms with van der Waals surface area (Å²) in [6, 6.07) is 0. The van der Waals surface area contributed by atoms with E-state index in [1.54, 1.807) is 0 Å². The van der Waals surface area contributed by atoms with Crippen LogP contribution in [0.1, 0.15) is 39.9 Å². The van der Waals surface area contributed by atoms with E-state index in [0.29, 0.717) is 119 Å². The highest BCUT2D eigenvalue weighted by molar-refractivity contribution is 6.01. The lowest BCUT2D eigenvalue weighted by Gasteiger charge is -2.30. The molecule has 300 valence electrons. The minimum atomic E-state index is -0.963. The average Bonchev–Trinajstić information content (AvgIpc) is 3.38. The molecule has 5 amide bonds. The van der Waals surface area contributed by atoms with Crippen molar-refractivity contribution >= 4 is 29.5 Å². The van der Waals surface area contributed by atoms with Gasteiger partial charge in [0.15, 0.2) is 0 Å². The summed E-state index contributed by atoms with van der Waals surface area (Å²) in [5.74, 6) is -1.57. The molecule has 0 spiro atoms. The summed E-state index contributed by atoms with van der Waals surface area (Å²) < 4.78 is 56.3. The quantitative estimate of drug-likeness (QED) is 0.0520. The van der Waals surface area contributed by atoms with Gasteiger partial charge in [0.05, 0.1) is 119 Å². The van der Waals surface area contributed by atoms with E-state index in [4.69, 9.17) is 49.7 Å². The molecular weight excluding hydrogens is 688 g/mol. The Bertz CT molecular complexity index is 1040. The van der Waals surface area contributed by atoms with E-state index in [9.17, 15) is 24.0 Å². The lowest BCUT2D eigenvalue weighted by atomic mass is 9.81. The monoisotopic (exact) mass is 750 g/mol. The van der Waals surface area contributed by atoms with Gasteiger partial charge < -0.3 is 59.0 Å². The van der Waals surface area contributed by atoms with Crippen molar-refractivity contribution in [3.8, 4) is 0 Å². The van der Waals surface area contributed by atoms with Gasteiger partial charge >= 0.3 is 0 Å². The van der Waals surface area contributed by atoms with Gasteiger partial charge in [-0.05, 0) is 31.6 Å². The molecule has 2 aliphatic rings. The standard InChI is InChI=1S/C34H60N4O14/c35-30(39)25-37-31(40)27-52-24-23-51-22-21-50-20-19-49-18-17-48-16-15-47-14-13-46-12-11-45-10-9-44-8-7-36-34(43)29-3-1-28(2-4-29)26-38-32(41)5-6-33(38)42/h28-29H,1-27H2,(H2,35,39)(H,36,43)(H,37,40)/i5T. The molecule has 0 aromatic carbocycles. The average molecular weight is 751 g/mol. The summed E-state index contributed by atoms with van der Waals surface area (Å²) in [4.78, 5) is 59.5. The molecule has 0 aromatic heterocycles. The van der Waals surface area contributed by atoms with E-state index in [2.05, 4.69) is 10.6 Å². The number of hydrogen-bond donors (Lipinski definition) is 3. The van der Waals surface area contributed by atoms with Crippen LogP contribution >= 0.6 is 0 Å². The first-order valence-corrected chi connectivity index (χ1v) is 18.1. The van der Waals surface area contributed by atoms with Crippen LogP contribution in [0.2, 0.25) is 0 Å². The van der Waals surface area contributed by atoms with Crippen molar-refractivity contribution in [2.45, 2.75) is 38.5 Å². The van der Waals surface area contributed by atoms with Gasteiger partial charge in [0, 0.05) is 33.2 Å². The van der Waals surface area contributed by atoms with Crippen LogP contribution in [0.15, 0.2) is 0 Å². The van der Waals surface area contributed by atoms with E-state index >= 15 is 0 Å². The van der Waals surface area contributed by atoms with E-state index in [1.807, 2.05) is 0 Å². The number of amides is 5. The molecular formula is C34H60N4O14. The van der Waals surface area contributed by atoms with Crippen LogP contribution in [-0.2, 0) is 66.6 Å². The van der Waals surface area contributed by atoms with Crippen molar-refractivity contribution in [2.24, 2.45) is 17.6 Å². The molecule has 1 aliphatic heterocycles. The van der Waals surface area contributed by atoms with Crippen LogP contribution in [0.5, 0.6) is 0 Å². The molecule has 0 radical (unpaired) electrons. The number of carbonyl (C=O) groups is 5. The highest BCUT2D eigenvalue weighted by Crippen LogP contribution is 2.30. The summed E-state index contributed by atoms with van der Waals surface area (Å²) in [5, 5.41) is 5.23. The van der Waals surface area contributed by atoms with Crippen LogP contribution in [0.4, 0.5) is 0 Å². The lowest BCUT2D eigenvalue weighted by Crippen LogP contribution is -2.38. The predicted octanol–water partition coefficient (Wildman–Crippen LogP) is -1.19. The number of nitrogens with two attached hydrogens (primary N) is 1. The summed E-state index contributed by atoms with van der Waals surface area (Å²) in [5.41, 5.74) is 4.93. The van der Waals surface area contributed by atoms with Crippen molar-refractivity contribution in [3.05, 3.63) is 0 Å². The molecule has 1 saturated heterocycles. The zero-order chi connectivity index (χ0) is 38.4. The molecule has 4 N–H and O–H groups in total. The molecule has 1 aliphatic carbocycles. The fourth-order valence-electron chi connectivity index (χ4n) is 5.13. The SMILES string of the molecule is [3H]C1CC(=O)N(CC2CCC(C(=O)NCCOCCOCCOCCOCCOCCOCCOCCOCCOCC(=O)NCC(N)=O)CC2)C1=O. The smallest absolute Gasteiger partial charge is 0.246 e. The van der Waals surface area contributed by atoms with Gasteiger partial charge in [0.2, 0.25) is 29.5 Å². The largest absolute Gasteiger partial charge is 0.377 e. The highest BCUT2D eigenvalue weighted by Gasteiger charge is 2.33. The number of nitrogens with zero attached hydrogens (tertiary/aromatic N) is 1. The van der Waals surface area contributed by atoms with E-state index in [-0.39, 0.29) is 49.8 Å². The summed E-state index contributed by atoms with van der Waals surface area (Å²) in [6.07, 6.45) is 2.01. The molecule has 2 rings (SSSR count). The first-order chi connectivity index (χ1) is 25.8. The topological polar surface area (TPSA) is 222 Å². The second-order valence-electron chi connectivity index (χ2n) is 12.0. The van der Waals surface area contributed by atoms with Crippen LogP contribution in [0, 0.1) is 11.8 Å². The van der Waals surface area contributed by atoms with Crippen molar-refractivity contribution in [1.29, 1.82) is 0 Å². The molecule has 18 heteroatoms. The van der Waals surface area contributed by atoms with Crippen molar-refractivity contribution < 1.29 is 68.0 Å². The number of likely N-dealkylation sites (tertiary alicyclic amines) is 1. The van der Waals surface area contributed by atoms with E-state index in [0.717, 1.165) is 25.7 Å². The number of imide groups is 1. The van der Waals surface area contributed by atoms with Crippen LogP contribution < -0.4 is 16.4 Å². The second kappa shape index (κ2) is 30.6. The Morgan fingerprint density at radius 3 is 1.44 bits per heavy atom. The number of carbonyl (C=O) groups excluding carboxylic acids is 5. The number of ether oxygens (including phenoxy) is 9. The fraction of sp³-hybridized carbons (Fsp3) is 0.853. The van der Waals surface area contributed by atoms with Gasteiger partial charge in [-0.15, -0.1) is 0 Å². The highest BCUT2D eigenvalue weighted by atomic mass is 16.6. The zero-order valence-corrected chi connectivity index (χ0v) is 30.4. The maximum atomic E-state index is 12.5. The minimum Gasteiger partial charge on any atom is -0.377 e. The van der Waals surface area contributed by atoms with Crippen molar-refractivity contribution in [1.82, 2.24) is 15.5 Å². The van der Waals surface area contributed by atoms with Crippen LogP contribution in [0.3, 0.4) is 0 Å². The number of primary amides is 1. The van der Waals surface area contributed by atoms with Crippen molar-refractivity contribution in [3.63, 3.8) is 0 Å². The summed E-state index contributed by atoms with van der Waals surface area (Å²) in [7, 11) is 0. The van der Waals surface area contributed by atoms with Gasteiger partial charge in [0.25, 0.3) is 0 Å². The van der Waals surface area contributed by atoms with Gasteiger partial charge in [-0.3, -0.25) is 28.9 Å². The van der Waals surface area contributed by atoms with Gasteiger partial charge in [-0.1, -0.05) is 0 Å². The molecule has 0 bridgehead atoms. The Morgan fingerprint density at radius 2 is 1.04 bits per heavy atom. The van der Waals surface area contributed by atoms with E-state index in [1.165, 1.54) is 4.90 Å². The van der Waals surface area contributed by atoms with E-state index < -0.39 is 24.1 Å². The minimum absolute atomic E-state index is 0.00773. The molecule has 18 nitrogen and oxygen atoms in total. The maximum absolute atomic E-state index is 12.5. The fourth-order valence-corrected chi connectivity index (χ4v) is 5.13. The maximum Gasteiger partial charge on any atom is 0.246 e. The summed E-state index contributed by atoms with van der Waals surface area (Å²) >= 11 is 0. The molecule has 52 heavy (non-hydrogen) atoms. The Kier molecular flexibility index (Phi) is 25.7. The third-order valence-electron chi connectivity index (χ3n) is 7.89. The number of hydrogen-bond acceptors (Lipinski definition) is 14. The lowest BCUT2D eigenvalue weighted by molar-refractivity contribution is -0.139. The Morgan fingerprint density at radius 1 is 0.615 bits per heavy atom. The summed E-state index contributed by atoms with van der Waals surface area (Å²) in [6.45, 7) is 7.44. The van der Waals surface area contributed by atoms with Gasteiger partial charge in [0.1, 0.15) is 6.61 Å². The van der Waals surface area contributed by atoms with Crippen molar-refractivity contribution in [2.75, 3.05) is 139 Å². The molecule has 0 aromatic rings. The number of rotatable bonds is 34. The Labute approximate surface area is 307 Å². The van der Waals surface area contributed by atoms with Gasteiger partial charge in [-0.2, -0.15) is 0 Å². The van der Waals surface area contributed by atoms with Crippen LogP contribution in [0.25, 0.3) is 0 Å². The normalized spacial score (nSPS) is 19.2. The third-order valence-corrected chi connectivity index (χ3v) is 7.89. The third kappa shape index (κ3) is 23.7. The number of nitrogens with one attached hydrogen (secondary N) is 2. The van der Waals surface area contributed by atoms with Crippen LogP contribution in [-0.4, -0.2) is 173 Å². The molecule has 1 unspecified atom stereocenters. The molecule has 1 saturated carbocycles.